The average Bonchev–Trinajstić information content (AvgIpc) is 3.73. The zero-order chi connectivity index (χ0) is 29.6. The summed E-state index contributed by atoms with van der Waals surface area (Å²) in [5.74, 6) is -1.02. The molecule has 0 amide bonds. The lowest BCUT2D eigenvalue weighted by atomic mass is 10.1. The van der Waals surface area contributed by atoms with Crippen molar-refractivity contribution >= 4 is 61.5 Å². The molecule has 218 valence electrons. The molecule has 2 aliphatic rings. The molecule has 13 heteroatoms. The normalized spacial score (nSPS) is 17.0. The maximum atomic E-state index is 13.2. The van der Waals surface area contributed by atoms with Gasteiger partial charge in [-0.1, -0.05) is 23.2 Å². The van der Waals surface area contributed by atoms with Gasteiger partial charge in [0.25, 0.3) is 0 Å². The molecule has 2 aromatic heterocycles. The van der Waals surface area contributed by atoms with Gasteiger partial charge in [-0.25, -0.2) is 18.2 Å². The molecular weight excluding hydrogens is 603 g/mol. The minimum absolute atomic E-state index is 0.0461. The SMILES string of the molecule is O=C(O)c1cn(-c2ccc(NS(=O)(=O)C3CC3)cc2)c2cc(N3CCC[C@@H]3COc3ncccc3Cl)c(Cl)cc2c1=O. The van der Waals surface area contributed by atoms with Crippen LogP contribution in [-0.2, 0) is 10.0 Å². The Bertz CT molecular complexity index is 1860. The highest BCUT2D eigenvalue weighted by atomic mass is 35.5. The van der Waals surface area contributed by atoms with Crippen LogP contribution in [0.4, 0.5) is 11.4 Å². The van der Waals surface area contributed by atoms with Crippen molar-refractivity contribution in [3.8, 4) is 11.6 Å². The number of nitrogens with one attached hydrogen (secondary N) is 1. The van der Waals surface area contributed by atoms with E-state index in [0.29, 0.717) is 64.5 Å². The van der Waals surface area contributed by atoms with E-state index in [1.165, 1.54) is 12.3 Å². The number of hydrogen-bond donors (Lipinski definition) is 2. The molecule has 2 N–H and O–H groups in total. The highest BCUT2D eigenvalue weighted by molar-refractivity contribution is 7.93. The fourth-order valence-corrected chi connectivity index (χ4v) is 7.05. The fraction of sp³-hybridized carbons (Fsp3) is 0.276. The van der Waals surface area contributed by atoms with Crippen LogP contribution in [0.5, 0.6) is 5.88 Å². The maximum Gasteiger partial charge on any atom is 0.341 e. The monoisotopic (exact) mass is 628 g/mol. The predicted octanol–water partition coefficient (Wildman–Crippen LogP) is 5.34. The number of carbonyl (C=O) groups is 1. The smallest absolute Gasteiger partial charge is 0.341 e. The van der Waals surface area contributed by atoms with Gasteiger partial charge < -0.3 is 19.3 Å². The van der Waals surface area contributed by atoms with Gasteiger partial charge >= 0.3 is 5.97 Å². The molecule has 42 heavy (non-hydrogen) atoms. The summed E-state index contributed by atoms with van der Waals surface area (Å²) in [7, 11) is -3.44. The van der Waals surface area contributed by atoms with Gasteiger partial charge in [-0.2, -0.15) is 0 Å². The Morgan fingerprint density at radius 3 is 2.55 bits per heavy atom. The number of aromatic carboxylic acids is 1. The van der Waals surface area contributed by atoms with Gasteiger partial charge in [-0.3, -0.25) is 9.52 Å². The number of ether oxygens (including phenoxy) is 1. The van der Waals surface area contributed by atoms with Crippen molar-refractivity contribution in [3.05, 3.63) is 86.8 Å². The summed E-state index contributed by atoms with van der Waals surface area (Å²) in [6.07, 6.45) is 5.89. The van der Waals surface area contributed by atoms with Gasteiger partial charge in [-0.15, -0.1) is 0 Å². The first-order valence-electron chi connectivity index (χ1n) is 13.4. The maximum absolute atomic E-state index is 13.2. The number of anilines is 2. The number of nitrogens with zero attached hydrogens (tertiary/aromatic N) is 3. The Morgan fingerprint density at radius 1 is 1.10 bits per heavy atom. The van der Waals surface area contributed by atoms with Crippen molar-refractivity contribution in [1.82, 2.24) is 9.55 Å². The van der Waals surface area contributed by atoms with Crippen molar-refractivity contribution in [1.29, 1.82) is 0 Å². The predicted molar refractivity (Wildman–Crippen MR) is 162 cm³/mol. The number of hydrogen-bond acceptors (Lipinski definition) is 7. The van der Waals surface area contributed by atoms with Crippen LogP contribution in [0, 0.1) is 0 Å². The molecule has 6 rings (SSSR count). The number of halogens is 2. The second-order valence-corrected chi connectivity index (χ2v) is 13.1. The molecule has 4 aromatic rings. The number of sulfonamides is 1. The number of carboxylic acid groups (broad SMARTS) is 1. The minimum Gasteiger partial charge on any atom is -0.477 e. The third kappa shape index (κ3) is 5.51. The first kappa shape index (κ1) is 28.3. The summed E-state index contributed by atoms with van der Waals surface area (Å²) in [5.41, 5.74) is 0.997. The zero-order valence-electron chi connectivity index (χ0n) is 22.2. The van der Waals surface area contributed by atoms with Crippen molar-refractivity contribution < 1.29 is 23.1 Å². The highest BCUT2D eigenvalue weighted by Gasteiger charge is 2.35. The third-order valence-corrected chi connectivity index (χ3v) is 9.95. The molecule has 10 nitrogen and oxygen atoms in total. The Kier molecular flexibility index (Phi) is 7.50. The van der Waals surface area contributed by atoms with Crippen LogP contribution >= 0.6 is 23.2 Å². The molecule has 3 heterocycles. The summed E-state index contributed by atoms with van der Waals surface area (Å²) in [4.78, 5) is 31.5. The molecule has 2 fully saturated rings. The summed E-state index contributed by atoms with van der Waals surface area (Å²) < 4.78 is 34.8. The average molecular weight is 630 g/mol. The Balaban J connectivity index is 1.38. The van der Waals surface area contributed by atoms with Gasteiger partial charge in [0.15, 0.2) is 0 Å². The van der Waals surface area contributed by atoms with E-state index in [-0.39, 0.29) is 16.7 Å². The van der Waals surface area contributed by atoms with Crippen molar-refractivity contribution in [2.75, 3.05) is 22.8 Å². The topological polar surface area (TPSA) is 131 Å². The third-order valence-electron chi connectivity index (χ3n) is 7.50. The summed E-state index contributed by atoms with van der Waals surface area (Å²) in [6.45, 7) is 1.01. The number of carboxylic acids is 1. The van der Waals surface area contributed by atoms with Gasteiger partial charge in [0.2, 0.25) is 21.3 Å². The van der Waals surface area contributed by atoms with E-state index in [0.717, 1.165) is 12.8 Å². The second-order valence-electron chi connectivity index (χ2n) is 10.4. The lowest BCUT2D eigenvalue weighted by Gasteiger charge is -2.28. The van der Waals surface area contributed by atoms with Crippen LogP contribution in [0.15, 0.2) is 65.7 Å². The molecule has 2 aromatic carbocycles. The molecule has 1 aliphatic carbocycles. The highest BCUT2D eigenvalue weighted by Crippen LogP contribution is 2.36. The summed E-state index contributed by atoms with van der Waals surface area (Å²) in [5, 5.41) is 10.3. The summed E-state index contributed by atoms with van der Waals surface area (Å²) in [6, 6.07) is 13.2. The van der Waals surface area contributed by atoms with E-state index in [9.17, 15) is 23.1 Å². The molecule has 0 radical (unpaired) electrons. The van der Waals surface area contributed by atoms with Gasteiger partial charge in [0.05, 0.1) is 27.5 Å². The lowest BCUT2D eigenvalue weighted by Crippen LogP contribution is -2.34. The first-order valence-corrected chi connectivity index (χ1v) is 15.7. The Hall–Kier alpha value is -3.80. The Labute approximate surface area is 251 Å². The van der Waals surface area contributed by atoms with Crippen LogP contribution in [-0.4, -0.2) is 53.5 Å². The molecule has 0 spiro atoms. The van der Waals surface area contributed by atoms with Gasteiger partial charge in [0.1, 0.15) is 17.2 Å². The zero-order valence-corrected chi connectivity index (χ0v) is 24.5. The standard InChI is InChI=1S/C29H26Cl2N4O6S/c30-23-4-1-11-32-28(23)41-16-19-3-2-12-34(19)26-14-25-21(13-24(26)31)27(36)22(29(37)38)15-35(25)18-7-5-17(6-8-18)33-42(39,40)20-9-10-20/h1,4-8,11,13-15,19-20,33H,2-3,9-10,12,16H2,(H,37,38)/t19-/m1/s1. The molecule has 1 atom stereocenters. The first-order chi connectivity index (χ1) is 20.1. The van der Waals surface area contributed by atoms with E-state index in [1.54, 1.807) is 53.2 Å². The van der Waals surface area contributed by atoms with E-state index < -0.39 is 27.0 Å². The number of benzene rings is 2. The fourth-order valence-electron chi connectivity index (χ4n) is 5.22. The molecule has 1 aliphatic heterocycles. The quantitative estimate of drug-likeness (QED) is 0.254. The summed E-state index contributed by atoms with van der Waals surface area (Å²) >= 11 is 12.9. The van der Waals surface area contributed by atoms with Crippen LogP contribution in [0.1, 0.15) is 36.0 Å². The molecule has 1 saturated heterocycles. The largest absolute Gasteiger partial charge is 0.477 e. The van der Waals surface area contributed by atoms with E-state index >= 15 is 0 Å². The molecule has 0 bridgehead atoms. The van der Waals surface area contributed by atoms with Crippen molar-refractivity contribution in [3.63, 3.8) is 0 Å². The second kappa shape index (κ2) is 11.1. The number of pyridine rings is 2. The number of aromatic nitrogens is 2. The van der Waals surface area contributed by atoms with Crippen LogP contribution in [0.2, 0.25) is 10.0 Å². The number of rotatable bonds is 9. The van der Waals surface area contributed by atoms with Crippen molar-refractivity contribution in [2.24, 2.45) is 0 Å². The number of fused-ring (bicyclic) bond motifs is 1. The molecule has 0 unspecified atom stereocenters. The van der Waals surface area contributed by atoms with Gasteiger partial charge in [0, 0.05) is 35.7 Å². The van der Waals surface area contributed by atoms with Crippen molar-refractivity contribution in [2.45, 2.75) is 37.0 Å². The van der Waals surface area contributed by atoms with E-state index in [2.05, 4.69) is 14.6 Å². The van der Waals surface area contributed by atoms with E-state index in [1.807, 2.05) is 0 Å². The van der Waals surface area contributed by atoms with E-state index in [4.69, 9.17) is 27.9 Å². The minimum atomic E-state index is -3.44. The van der Waals surface area contributed by atoms with Crippen LogP contribution < -0.4 is 19.8 Å². The van der Waals surface area contributed by atoms with Gasteiger partial charge in [-0.05, 0) is 74.2 Å². The molecule has 1 saturated carbocycles. The molecular formula is C29H26Cl2N4O6S. The Morgan fingerprint density at radius 2 is 1.86 bits per heavy atom. The van der Waals surface area contributed by atoms with Crippen LogP contribution in [0.25, 0.3) is 16.6 Å². The lowest BCUT2D eigenvalue weighted by molar-refractivity contribution is 0.0695. The van der Waals surface area contributed by atoms with Crippen LogP contribution in [0.3, 0.4) is 0 Å².